The maximum absolute atomic E-state index is 11.0. The van der Waals surface area contributed by atoms with Crippen molar-refractivity contribution in [2.75, 3.05) is 14.2 Å². The van der Waals surface area contributed by atoms with Gasteiger partial charge in [0, 0.05) is 6.42 Å². The van der Waals surface area contributed by atoms with Gasteiger partial charge in [-0.2, -0.15) is 0 Å². The number of rotatable bonds is 5. The molecule has 5 nitrogen and oxygen atoms in total. The van der Waals surface area contributed by atoms with Crippen LogP contribution in [-0.2, 0) is 11.2 Å². The number of nitrogens with two attached hydrogens (primary N) is 1. The van der Waals surface area contributed by atoms with Crippen LogP contribution in [0.2, 0.25) is 0 Å². The lowest BCUT2D eigenvalue weighted by Gasteiger charge is -2.19. The predicted molar refractivity (Wildman–Crippen MR) is 63.1 cm³/mol. The van der Waals surface area contributed by atoms with Crippen LogP contribution in [0.3, 0.4) is 0 Å². The molecule has 3 N–H and O–H groups in total. The molecule has 0 aliphatic heterocycles. The number of amides is 1. The van der Waals surface area contributed by atoms with Gasteiger partial charge in [-0.25, -0.2) is 0 Å². The largest absolute Gasteiger partial charge is 0.493 e. The molecule has 0 bridgehead atoms. The second kappa shape index (κ2) is 5.05. The first-order valence-corrected chi connectivity index (χ1v) is 5.14. The number of benzene rings is 1. The minimum atomic E-state index is -1.57. The average molecular weight is 239 g/mol. The standard InChI is InChI=1S/C12H17NO4/c1-12(15,11(13)14)7-8-4-5-9(16-2)10(6-8)17-3/h4-6,15H,7H2,1-3H3,(H2,13,14). The third-order valence-electron chi connectivity index (χ3n) is 2.53. The van der Waals surface area contributed by atoms with Gasteiger partial charge in [0.2, 0.25) is 5.91 Å². The zero-order valence-corrected chi connectivity index (χ0v) is 10.2. The molecule has 0 aliphatic carbocycles. The number of methoxy groups -OCH3 is 2. The van der Waals surface area contributed by atoms with Crippen LogP contribution in [0.5, 0.6) is 11.5 Å². The fourth-order valence-corrected chi connectivity index (χ4v) is 1.48. The van der Waals surface area contributed by atoms with Crippen molar-refractivity contribution in [2.24, 2.45) is 5.73 Å². The minimum absolute atomic E-state index is 0.128. The van der Waals surface area contributed by atoms with E-state index in [1.54, 1.807) is 18.2 Å². The Labute approximate surface area is 100 Å². The summed E-state index contributed by atoms with van der Waals surface area (Å²) in [6.45, 7) is 1.38. The number of carbonyl (C=O) groups excluding carboxylic acids is 1. The van der Waals surface area contributed by atoms with Crippen LogP contribution in [0, 0.1) is 0 Å². The van der Waals surface area contributed by atoms with Gasteiger partial charge in [-0.3, -0.25) is 4.79 Å². The summed E-state index contributed by atoms with van der Waals surface area (Å²) in [6, 6.07) is 5.17. The summed E-state index contributed by atoms with van der Waals surface area (Å²) in [4.78, 5) is 11.0. The average Bonchev–Trinajstić information content (AvgIpc) is 2.28. The summed E-state index contributed by atoms with van der Waals surface area (Å²) in [6.07, 6.45) is 0.128. The number of aliphatic hydroxyl groups is 1. The molecule has 5 heteroatoms. The van der Waals surface area contributed by atoms with Crippen molar-refractivity contribution in [2.45, 2.75) is 18.9 Å². The third-order valence-corrected chi connectivity index (χ3v) is 2.53. The molecule has 94 valence electrons. The first-order chi connectivity index (χ1) is 7.90. The van der Waals surface area contributed by atoms with Crippen LogP contribution in [0.4, 0.5) is 0 Å². The third kappa shape index (κ3) is 3.10. The molecule has 1 atom stereocenters. The zero-order valence-electron chi connectivity index (χ0n) is 10.2. The van der Waals surface area contributed by atoms with Crippen LogP contribution < -0.4 is 15.2 Å². The molecule has 17 heavy (non-hydrogen) atoms. The van der Waals surface area contributed by atoms with Gasteiger partial charge in [0.25, 0.3) is 0 Å². The first-order valence-electron chi connectivity index (χ1n) is 5.14. The molecule has 0 fully saturated rings. The molecule has 1 amide bonds. The Morgan fingerprint density at radius 3 is 2.41 bits per heavy atom. The Bertz CT molecular complexity index is 415. The maximum Gasteiger partial charge on any atom is 0.249 e. The van der Waals surface area contributed by atoms with Crippen LogP contribution in [-0.4, -0.2) is 30.8 Å². The lowest BCUT2D eigenvalue weighted by molar-refractivity contribution is -0.134. The summed E-state index contributed by atoms with van der Waals surface area (Å²) in [5, 5.41) is 9.79. The number of carbonyl (C=O) groups is 1. The highest BCUT2D eigenvalue weighted by Crippen LogP contribution is 2.28. The van der Waals surface area contributed by atoms with Gasteiger partial charge in [0.1, 0.15) is 5.60 Å². The predicted octanol–water partition coefficient (Wildman–Crippen LogP) is 0.483. The maximum atomic E-state index is 11.0. The van der Waals surface area contributed by atoms with Gasteiger partial charge < -0.3 is 20.3 Å². The van der Waals surface area contributed by atoms with Gasteiger partial charge in [-0.1, -0.05) is 6.07 Å². The Morgan fingerprint density at radius 2 is 1.94 bits per heavy atom. The van der Waals surface area contributed by atoms with Gasteiger partial charge in [-0.15, -0.1) is 0 Å². The first kappa shape index (κ1) is 13.3. The van der Waals surface area contributed by atoms with E-state index in [9.17, 15) is 9.90 Å². The van der Waals surface area contributed by atoms with Crippen molar-refractivity contribution < 1.29 is 19.4 Å². The van der Waals surface area contributed by atoms with E-state index in [0.717, 1.165) is 5.56 Å². The smallest absolute Gasteiger partial charge is 0.249 e. The van der Waals surface area contributed by atoms with Crippen LogP contribution >= 0.6 is 0 Å². The number of hydrogen-bond acceptors (Lipinski definition) is 4. The highest BCUT2D eigenvalue weighted by atomic mass is 16.5. The number of primary amides is 1. The van der Waals surface area contributed by atoms with Crippen molar-refractivity contribution >= 4 is 5.91 Å². The number of ether oxygens (including phenoxy) is 2. The Kier molecular flexibility index (Phi) is 3.96. The van der Waals surface area contributed by atoms with Crippen LogP contribution in [0.25, 0.3) is 0 Å². The fraction of sp³-hybridized carbons (Fsp3) is 0.417. The highest BCUT2D eigenvalue weighted by Gasteiger charge is 2.28. The van der Waals surface area contributed by atoms with E-state index in [-0.39, 0.29) is 6.42 Å². The molecule has 0 aromatic heterocycles. The summed E-state index contributed by atoms with van der Waals surface area (Å²) in [7, 11) is 3.06. The van der Waals surface area contributed by atoms with Crippen molar-refractivity contribution in [1.29, 1.82) is 0 Å². The van der Waals surface area contributed by atoms with Crippen LogP contribution in [0.15, 0.2) is 18.2 Å². The summed E-state index contributed by atoms with van der Waals surface area (Å²) in [5.41, 5.74) is 4.27. The van der Waals surface area contributed by atoms with E-state index in [0.29, 0.717) is 11.5 Å². The molecule has 1 unspecified atom stereocenters. The Hall–Kier alpha value is -1.75. The molecule has 0 radical (unpaired) electrons. The molecular weight excluding hydrogens is 222 g/mol. The van der Waals surface area contributed by atoms with E-state index >= 15 is 0 Å². The van der Waals surface area contributed by atoms with E-state index in [4.69, 9.17) is 15.2 Å². The fourth-order valence-electron chi connectivity index (χ4n) is 1.48. The van der Waals surface area contributed by atoms with E-state index in [1.165, 1.54) is 21.1 Å². The van der Waals surface area contributed by atoms with Crippen molar-refractivity contribution in [3.05, 3.63) is 23.8 Å². The second-order valence-electron chi connectivity index (χ2n) is 4.00. The molecule has 1 rings (SSSR count). The molecule has 0 aliphatic rings. The summed E-state index contributed by atoms with van der Waals surface area (Å²) < 4.78 is 10.2. The van der Waals surface area contributed by atoms with Crippen molar-refractivity contribution in [1.82, 2.24) is 0 Å². The summed E-state index contributed by atoms with van der Waals surface area (Å²) in [5.74, 6) is 0.382. The molecule has 0 saturated heterocycles. The lowest BCUT2D eigenvalue weighted by Crippen LogP contribution is -2.42. The monoisotopic (exact) mass is 239 g/mol. The Morgan fingerprint density at radius 1 is 1.35 bits per heavy atom. The van der Waals surface area contributed by atoms with Crippen LogP contribution in [0.1, 0.15) is 12.5 Å². The highest BCUT2D eigenvalue weighted by molar-refractivity contribution is 5.83. The normalized spacial score (nSPS) is 13.9. The minimum Gasteiger partial charge on any atom is -0.493 e. The zero-order chi connectivity index (χ0) is 13.1. The van der Waals surface area contributed by atoms with Gasteiger partial charge in [0.05, 0.1) is 14.2 Å². The molecule has 0 spiro atoms. The summed E-state index contributed by atoms with van der Waals surface area (Å²) >= 11 is 0. The quantitative estimate of drug-likeness (QED) is 0.783. The Balaban J connectivity index is 2.97. The van der Waals surface area contributed by atoms with E-state index < -0.39 is 11.5 Å². The van der Waals surface area contributed by atoms with Gasteiger partial charge in [0.15, 0.2) is 11.5 Å². The van der Waals surface area contributed by atoms with E-state index in [1.807, 2.05) is 0 Å². The second-order valence-corrected chi connectivity index (χ2v) is 4.00. The van der Waals surface area contributed by atoms with Gasteiger partial charge >= 0.3 is 0 Å². The van der Waals surface area contributed by atoms with E-state index in [2.05, 4.69) is 0 Å². The molecule has 0 saturated carbocycles. The lowest BCUT2D eigenvalue weighted by atomic mass is 9.96. The topological polar surface area (TPSA) is 81.8 Å². The molecule has 1 aromatic rings. The van der Waals surface area contributed by atoms with Crippen molar-refractivity contribution in [3.8, 4) is 11.5 Å². The number of hydrogen-bond donors (Lipinski definition) is 2. The SMILES string of the molecule is COc1ccc(CC(C)(O)C(N)=O)cc1OC. The molecule has 1 aromatic carbocycles. The molecular formula is C12H17NO4. The molecule has 0 heterocycles. The van der Waals surface area contributed by atoms with Gasteiger partial charge in [-0.05, 0) is 24.6 Å². The van der Waals surface area contributed by atoms with Crippen molar-refractivity contribution in [3.63, 3.8) is 0 Å².